The molecule has 1 atom stereocenters. The lowest BCUT2D eigenvalue weighted by molar-refractivity contribution is -0.119. The van der Waals surface area contributed by atoms with Gasteiger partial charge in [0.15, 0.2) is 0 Å². The third kappa shape index (κ3) is 5.46. The number of thioether (sulfide) groups is 1. The highest BCUT2D eigenvalue weighted by atomic mass is 35.5. The number of methoxy groups -OCH3 is 1. The summed E-state index contributed by atoms with van der Waals surface area (Å²) in [6, 6.07) is 13.6. The summed E-state index contributed by atoms with van der Waals surface area (Å²) in [4.78, 5) is 12.2. The predicted molar refractivity (Wildman–Crippen MR) is 102 cm³/mol. The number of aryl methyl sites for hydroxylation is 1. The van der Waals surface area contributed by atoms with E-state index < -0.39 is 0 Å². The molecule has 24 heavy (non-hydrogen) atoms. The number of hydrogen-bond donors (Lipinski definition) is 1. The lowest BCUT2D eigenvalue weighted by Gasteiger charge is -2.18. The van der Waals surface area contributed by atoms with Gasteiger partial charge in [-0.25, -0.2) is 0 Å². The monoisotopic (exact) mass is 363 g/mol. The first-order valence-electron chi connectivity index (χ1n) is 7.75. The summed E-state index contributed by atoms with van der Waals surface area (Å²) in [5, 5.41) is 3.75. The Morgan fingerprint density at radius 1 is 1.29 bits per heavy atom. The van der Waals surface area contributed by atoms with Gasteiger partial charge < -0.3 is 10.1 Å². The standard InChI is InChI=1S/C19H22ClNO2S/c1-13-7-8-18(23-3)17(9-13)14(2)21-19(22)12-24-11-15-5-4-6-16(20)10-15/h4-10,14H,11-12H2,1-3H3,(H,21,22)/t14-/m0/s1. The second kappa shape index (κ2) is 9.00. The van der Waals surface area contributed by atoms with E-state index in [9.17, 15) is 4.79 Å². The normalized spacial score (nSPS) is 11.8. The lowest BCUT2D eigenvalue weighted by atomic mass is 10.0. The molecule has 3 nitrogen and oxygen atoms in total. The van der Waals surface area contributed by atoms with E-state index in [0.29, 0.717) is 5.75 Å². The third-order valence-corrected chi connectivity index (χ3v) is 4.86. The molecule has 0 spiro atoms. The zero-order chi connectivity index (χ0) is 17.5. The maximum atomic E-state index is 12.2. The first kappa shape index (κ1) is 18.7. The molecule has 128 valence electrons. The number of carbonyl (C=O) groups is 1. The van der Waals surface area contributed by atoms with Gasteiger partial charge in [0.2, 0.25) is 5.91 Å². The summed E-state index contributed by atoms with van der Waals surface area (Å²) in [6.45, 7) is 4.00. The number of carbonyl (C=O) groups excluding carboxylic acids is 1. The van der Waals surface area contributed by atoms with Gasteiger partial charge in [0.1, 0.15) is 5.75 Å². The quantitative estimate of drug-likeness (QED) is 0.770. The molecule has 0 fully saturated rings. The molecule has 0 aliphatic rings. The van der Waals surface area contributed by atoms with Crippen LogP contribution in [0.2, 0.25) is 5.02 Å². The Morgan fingerprint density at radius 2 is 2.08 bits per heavy atom. The molecule has 5 heteroatoms. The molecular formula is C19H22ClNO2S. The number of nitrogens with one attached hydrogen (secondary N) is 1. The van der Waals surface area contributed by atoms with Crippen molar-refractivity contribution in [3.63, 3.8) is 0 Å². The van der Waals surface area contributed by atoms with Crippen molar-refractivity contribution in [3.05, 3.63) is 64.2 Å². The third-order valence-electron chi connectivity index (χ3n) is 3.62. The van der Waals surface area contributed by atoms with Crippen molar-refractivity contribution in [1.82, 2.24) is 5.32 Å². The van der Waals surface area contributed by atoms with Crippen LogP contribution in [0.25, 0.3) is 0 Å². The highest BCUT2D eigenvalue weighted by Gasteiger charge is 2.14. The van der Waals surface area contributed by atoms with Crippen molar-refractivity contribution in [1.29, 1.82) is 0 Å². The van der Waals surface area contributed by atoms with Gasteiger partial charge in [-0.3, -0.25) is 4.79 Å². The Kier molecular flexibility index (Phi) is 7.00. The van der Waals surface area contributed by atoms with Gasteiger partial charge in [-0.05, 0) is 37.6 Å². The molecular weight excluding hydrogens is 342 g/mol. The van der Waals surface area contributed by atoms with Gasteiger partial charge in [-0.2, -0.15) is 0 Å². The summed E-state index contributed by atoms with van der Waals surface area (Å²) in [5.74, 6) is 1.97. The van der Waals surface area contributed by atoms with Gasteiger partial charge in [0.05, 0.1) is 18.9 Å². The molecule has 0 aliphatic carbocycles. The summed E-state index contributed by atoms with van der Waals surface area (Å²) < 4.78 is 5.38. The molecule has 2 rings (SSSR count). The number of halogens is 1. The fourth-order valence-electron chi connectivity index (χ4n) is 2.44. The minimum Gasteiger partial charge on any atom is -0.496 e. The largest absolute Gasteiger partial charge is 0.496 e. The zero-order valence-corrected chi connectivity index (χ0v) is 15.7. The minimum atomic E-state index is -0.0980. The number of rotatable bonds is 7. The van der Waals surface area contributed by atoms with Gasteiger partial charge >= 0.3 is 0 Å². The van der Waals surface area contributed by atoms with E-state index in [1.165, 1.54) is 0 Å². The van der Waals surface area contributed by atoms with Crippen LogP contribution in [0.4, 0.5) is 0 Å². The molecule has 0 heterocycles. The molecule has 0 aromatic heterocycles. The van der Waals surface area contributed by atoms with Crippen LogP contribution in [0, 0.1) is 6.92 Å². The van der Waals surface area contributed by atoms with Gasteiger partial charge in [-0.1, -0.05) is 41.4 Å². The van der Waals surface area contributed by atoms with Crippen LogP contribution in [-0.4, -0.2) is 18.8 Å². The van der Waals surface area contributed by atoms with Crippen molar-refractivity contribution in [2.45, 2.75) is 25.6 Å². The molecule has 0 bridgehead atoms. The van der Waals surface area contributed by atoms with E-state index in [-0.39, 0.29) is 11.9 Å². The summed E-state index contributed by atoms with van der Waals surface area (Å²) in [7, 11) is 1.64. The van der Waals surface area contributed by atoms with Crippen LogP contribution in [0.1, 0.15) is 29.7 Å². The van der Waals surface area contributed by atoms with E-state index in [1.807, 2.05) is 56.3 Å². The minimum absolute atomic E-state index is 0.0121. The Balaban J connectivity index is 1.87. The van der Waals surface area contributed by atoms with Crippen LogP contribution in [0.5, 0.6) is 5.75 Å². The molecule has 1 N–H and O–H groups in total. The van der Waals surface area contributed by atoms with E-state index in [4.69, 9.17) is 16.3 Å². The maximum Gasteiger partial charge on any atom is 0.230 e. The highest BCUT2D eigenvalue weighted by molar-refractivity contribution is 7.99. The Morgan fingerprint density at radius 3 is 2.79 bits per heavy atom. The van der Waals surface area contributed by atoms with Crippen molar-refractivity contribution in [2.24, 2.45) is 0 Å². The van der Waals surface area contributed by atoms with Gasteiger partial charge in [0, 0.05) is 16.3 Å². The first-order valence-corrected chi connectivity index (χ1v) is 9.29. The van der Waals surface area contributed by atoms with E-state index in [0.717, 1.165) is 33.2 Å². The first-order chi connectivity index (χ1) is 11.5. The summed E-state index contributed by atoms with van der Waals surface area (Å²) in [6.07, 6.45) is 0. The number of hydrogen-bond acceptors (Lipinski definition) is 3. The Bertz CT molecular complexity index is 706. The molecule has 0 unspecified atom stereocenters. The fourth-order valence-corrected chi connectivity index (χ4v) is 3.44. The van der Waals surface area contributed by atoms with Crippen molar-refractivity contribution < 1.29 is 9.53 Å². The number of ether oxygens (including phenoxy) is 1. The summed E-state index contributed by atoms with van der Waals surface area (Å²) >= 11 is 7.54. The highest BCUT2D eigenvalue weighted by Crippen LogP contribution is 2.26. The Labute approximate surface area is 152 Å². The van der Waals surface area contributed by atoms with Crippen LogP contribution in [0.15, 0.2) is 42.5 Å². The molecule has 1 amide bonds. The maximum absolute atomic E-state index is 12.2. The van der Waals surface area contributed by atoms with E-state index in [1.54, 1.807) is 18.9 Å². The van der Waals surface area contributed by atoms with Crippen LogP contribution < -0.4 is 10.1 Å². The molecule has 0 saturated carbocycles. The topological polar surface area (TPSA) is 38.3 Å². The van der Waals surface area contributed by atoms with E-state index >= 15 is 0 Å². The zero-order valence-electron chi connectivity index (χ0n) is 14.1. The molecule has 0 saturated heterocycles. The molecule has 0 radical (unpaired) electrons. The molecule has 2 aromatic rings. The van der Waals surface area contributed by atoms with Crippen molar-refractivity contribution in [3.8, 4) is 5.75 Å². The fraction of sp³-hybridized carbons (Fsp3) is 0.316. The smallest absolute Gasteiger partial charge is 0.230 e. The van der Waals surface area contributed by atoms with Crippen LogP contribution in [-0.2, 0) is 10.5 Å². The van der Waals surface area contributed by atoms with E-state index in [2.05, 4.69) is 5.32 Å². The average Bonchev–Trinajstić information content (AvgIpc) is 2.54. The molecule has 2 aromatic carbocycles. The second-order valence-corrected chi connectivity index (χ2v) is 7.08. The number of benzene rings is 2. The van der Waals surface area contributed by atoms with Crippen LogP contribution >= 0.6 is 23.4 Å². The second-order valence-electron chi connectivity index (χ2n) is 5.66. The summed E-state index contributed by atoms with van der Waals surface area (Å²) in [5.41, 5.74) is 3.25. The lowest BCUT2D eigenvalue weighted by Crippen LogP contribution is -2.28. The Hall–Kier alpha value is -1.65. The van der Waals surface area contributed by atoms with Gasteiger partial charge in [0.25, 0.3) is 0 Å². The van der Waals surface area contributed by atoms with Crippen molar-refractivity contribution >= 4 is 29.3 Å². The van der Waals surface area contributed by atoms with Crippen LogP contribution in [0.3, 0.4) is 0 Å². The SMILES string of the molecule is COc1ccc(C)cc1[C@H](C)NC(=O)CSCc1cccc(Cl)c1. The average molecular weight is 364 g/mol. The molecule has 0 aliphatic heterocycles. The van der Waals surface area contributed by atoms with Crippen molar-refractivity contribution in [2.75, 3.05) is 12.9 Å². The number of amides is 1. The van der Waals surface area contributed by atoms with Gasteiger partial charge in [-0.15, -0.1) is 11.8 Å². The predicted octanol–water partition coefficient (Wildman–Crippen LogP) is 4.77.